The Labute approximate surface area is 149 Å². The lowest BCUT2D eigenvalue weighted by atomic mass is 10.2. The van der Waals surface area contributed by atoms with Crippen molar-refractivity contribution in [2.24, 2.45) is 0 Å². The summed E-state index contributed by atoms with van der Waals surface area (Å²) < 4.78 is 16.7. The van der Waals surface area contributed by atoms with Crippen LogP contribution in [-0.4, -0.2) is 70.0 Å². The van der Waals surface area contributed by atoms with E-state index in [-0.39, 0.29) is 5.91 Å². The first kappa shape index (κ1) is 19.5. The number of likely N-dealkylation sites (N-methyl/N-ethyl adjacent to an activating group) is 1. The van der Waals surface area contributed by atoms with Crippen LogP contribution in [0.2, 0.25) is 0 Å². The summed E-state index contributed by atoms with van der Waals surface area (Å²) in [4.78, 5) is 14.5. The molecule has 1 atom stereocenters. The Morgan fingerprint density at radius 3 is 2.80 bits per heavy atom. The van der Waals surface area contributed by atoms with Crippen molar-refractivity contribution in [1.82, 2.24) is 10.2 Å². The van der Waals surface area contributed by atoms with E-state index in [1.165, 1.54) is 0 Å². The molecular weight excluding hydrogens is 322 g/mol. The Morgan fingerprint density at radius 1 is 1.36 bits per heavy atom. The van der Waals surface area contributed by atoms with E-state index in [2.05, 4.69) is 29.4 Å². The van der Waals surface area contributed by atoms with Crippen LogP contribution in [0.1, 0.15) is 13.8 Å². The summed E-state index contributed by atoms with van der Waals surface area (Å²) in [6.45, 7) is 9.47. The van der Waals surface area contributed by atoms with E-state index in [4.69, 9.17) is 14.2 Å². The molecule has 0 aliphatic carbocycles. The molecule has 2 rings (SSSR count). The minimum absolute atomic E-state index is 0.161. The number of rotatable bonds is 9. The lowest BCUT2D eigenvalue weighted by Crippen LogP contribution is -2.45. The van der Waals surface area contributed by atoms with Crippen molar-refractivity contribution < 1.29 is 19.0 Å². The normalized spacial score (nSPS) is 17.4. The maximum atomic E-state index is 12.3. The SMILES string of the molecule is CCN(CC)CCOc1cc(NC(=O)C2CNCCO2)ccc1OC. The molecule has 0 bridgehead atoms. The molecule has 1 aromatic carbocycles. The monoisotopic (exact) mass is 351 g/mol. The van der Waals surface area contributed by atoms with Crippen molar-refractivity contribution in [2.45, 2.75) is 20.0 Å². The summed E-state index contributed by atoms with van der Waals surface area (Å²) in [5.74, 6) is 1.11. The van der Waals surface area contributed by atoms with E-state index in [0.29, 0.717) is 36.9 Å². The molecule has 2 N–H and O–H groups in total. The molecular formula is C18H29N3O4. The van der Waals surface area contributed by atoms with Crippen LogP contribution < -0.4 is 20.1 Å². The highest BCUT2D eigenvalue weighted by atomic mass is 16.5. The summed E-state index contributed by atoms with van der Waals surface area (Å²) in [7, 11) is 1.60. The maximum absolute atomic E-state index is 12.3. The minimum Gasteiger partial charge on any atom is -0.493 e. The number of amides is 1. The van der Waals surface area contributed by atoms with Gasteiger partial charge in [0, 0.05) is 31.4 Å². The van der Waals surface area contributed by atoms with Gasteiger partial charge in [0.05, 0.1) is 13.7 Å². The second-order valence-corrected chi connectivity index (χ2v) is 5.79. The van der Waals surface area contributed by atoms with Crippen LogP contribution in [-0.2, 0) is 9.53 Å². The molecule has 1 heterocycles. The Hall–Kier alpha value is -1.83. The molecule has 140 valence electrons. The quantitative estimate of drug-likeness (QED) is 0.700. The Balaban J connectivity index is 1.96. The van der Waals surface area contributed by atoms with Crippen molar-refractivity contribution in [1.29, 1.82) is 0 Å². The molecule has 0 radical (unpaired) electrons. The predicted molar refractivity (Wildman–Crippen MR) is 97.5 cm³/mol. The van der Waals surface area contributed by atoms with Crippen molar-refractivity contribution >= 4 is 11.6 Å². The van der Waals surface area contributed by atoms with Gasteiger partial charge in [-0.15, -0.1) is 0 Å². The van der Waals surface area contributed by atoms with Gasteiger partial charge in [0.15, 0.2) is 11.5 Å². The van der Waals surface area contributed by atoms with Gasteiger partial charge in [0.2, 0.25) is 0 Å². The summed E-state index contributed by atoms with van der Waals surface area (Å²) in [6.07, 6.45) is -0.470. The number of carbonyl (C=O) groups is 1. The number of nitrogens with one attached hydrogen (secondary N) is 2. The number of ether oxygens (including phenoxy) is 3. The fourth-order valence-corrected chi connectivity index (χ4v) is 2.65. The lowest BCUT2D eigenvalue weighted by Gasteiger charge is -2.23. The van der Waals surface area contributed by atoms with E-state index in [0.717, 1.165) is 26.2 Å². The van der Waals surface area contributed by atoms with Gasteiger partial charge in [0.25, 0.3) is 5.91 Å². The van der Waals surface area contributed by atoms with Gasteiger partial charge in [-0.2, -0.15) is 0 Å². The number of hydrogen-bond donors (Lipinski definition) is 2. The largest absolute Gasteiger partial charge is 0.493 e. The van der Waals surface area contributed by atoms with Crippen molar-refractivity contribution in [3.05, 3.63) is 18.2 Å². The van der Waals surface area contributed by atoms with Gasteiger partial charge in [0.1, 0.15) is 12.7 Å². The van der Waals surface area contributed by atoms with Crippen molar-refractivity contribution in [3.8, 4) is 11.5 Å². The lowest BCUT2D eigenvalue weighted by molar-refractivity contribution is -0.128. The summed E-state index contributed by atoms with van der Waals surface area (Å²) in [5, 5.41) is 6.02. The Kier molecular flexibility index (Phi) is 7.97. The average Bonchev–Trinajstić information content (AvgIpc) is 2.66. The third kappa shape index (κ3) is 5.88. The number of carbonyl (C=O) groups excluding carboxylic acids is 1. The standard InChI is InChI=1S/C18H29N3O4/c1-4-21(5-2)9-11-25-16-12-14(6-7-15(16)23-3)20-18(22)17-13-19-8-10-24-17/h6-7,12,17,19H,4-5,8-11,13H2,1-3H3,(H,20,22). The van der Waals surface area contributed by atoms with Crippen molar-refractivity contribution in [2.75, 3.05) is 58.4 Å². The summed E-state index contributed by atoms with van der Waals surface area (Å²) in [6, 6.07) is 5.38. The van der Waals surface area contributed by atoms with Gasteiger partial charge < -0.3 is 29.7 Å². The maximum Gasteiger partial charge on any atom is 0.254 e. The molecule has 1 aliphatic heterocycles. The Morgan fingerprint density at radius 2 is 2.16 bits per heavy atom. The number of benzene rings is 1. The molecule has 7 heteroatoms. The zero-order chi connectivity index (χ0) is 18.1. The molecule has 7 nitrogen and oxygen atoms in total. The topological polar surface area (TPSA) is 72.1 Å². The third-order valence-corrected chi connectivity index (χ3v) is 4.21. The van der Waals surface area contributed by atoms with Gasteiger partial charge in [-0.05, 0) is 25.2 Å². The van der Waals surface area contributed by atoms with Crippen LogP contribution in [0.5, 0.6) is 11.5 Å². The van der Waals surface area contributed by atoms with E-state index in [1.807, 2.05) is 0 Å². The molecule has 0 spiro atoms. The second-order valence-electron chi connectivity index (χ2n) is 5.79. The van der Waals surface area contributed by atoms with Crippen molar-refractivity contribution in [3.63, 3.8) is 0 Å². The first-order valence-electron chi connectivity index (χ1n) is 8.84. The number of anilines is 1. The number of morpholine rings is 1. The molecule has 1 saturated heterocycles. The third-order valence-electron chi connectivity index (χ3n) is 4.21. The van der Waals surface area contributed by atoms with Gasteiger partial charge in [-0.3, -0.25) is 4.79 Å². The minimum atomic E-state index is -0.470. The highest BCUT2D eigenvalue weighted by Gasteiger charge is 2.22. The van der Waals surface area contributed by atoms with Crippen LogP contribution in [0, 0.1) is 0 Å². The second kappa shape index (κ2) is 10.2. The van der Waals surface area contributed by atoms with Gasteiger partial charge in [-0.25, -0.2) is 0 Å². The van der Waals surface area contributed by atoms with Gasteiger partial charge >= 0.3 is 0 Å². The first-order valence-corrected chi connectivity index (χ1v) is 8.84. The highest BCUT2D eigenvalue weighted by Crippen LogP contribution is 2.30. The molecule has 1 amide bonds. The molecule has 1 aromatic rings. The highest BCUT2D eigenvalue weighted by molar-refractivity contribution is 5.94. The van der Waals surface area contributed by atoms with E-state index in [1.54, 1.807) is 25.3 Å². The number of nitrogens with zero attached hydrogens (tertiary/aromatic N) is 1. The number of hydrogen-bond acceptors (Lipinski definition) is 6. The van der Waals surface area contributed by atoms with Crippen LogP contribution in [0.3, 0.4) is 0 Å². The van der Waals surface area contributed by atoms with Crippen LogP contribution in [0.25, 0.3) is 0 Å². The smallest absolute Gasteiger partial charge is 0.254 e. The van der Waals surface area contributed by atoms with Crippen LogP contribution in [0.15, 0.2) is 18.2 Å². The van der Waals surface area contributed by atoms with E-state index in [9.17, 15) is 4.79 Å². The zero-order valence-electron chi connectivity index (χ0n) is 15.3. The van der Waals surface area contributed by atoms with Crippen LogP contribution in [0.4, 0.5) is 5.69 Å². The summed E-state index contributed by atoms with van der Waals surface area (Å²) in [5.41, 5.74) is 0.665. The fourth-order valence-electron chi connectivity index (χ4n) is 2.65. The van der Waals surface area contributed by atoms with Gasteiger partial charge in [-0.1, -0.05) is 13.8 Å². The molecule has 1 aliphatic rings. The van der Waals surface area contributed by atoms with Crippen LogP contribution >= 0.6 is 0 Å². The predicted octanol–water partition coefficient (Wildman–Crippen LogP) is 1.34. The first-order chi connectivity index (χ1) is 12.2. The number of methoxy groups -OCH3 is 1. The molecule has 1 unspecified atom stereocenters. The fraction of sp³-hybridized carbons (Fsp3) is 0.611. The summed E-state index contributed by atoms with van der Waals surface area (Å²) >= 11 is 0. The molecule has 0 aromatic heterocycles. The van der Waals surface area contributed by atoms with E-state index >= 15 is 0 Å². The average molecular weight is 351 g/mol. The zero-order valence-corrected chi connectivity index (χ0v) is 15.3. The molecule has 0 saturated carbocycles. The Bertz CT molecular complexity index is 543. The van der Waals surface area contributed by atoms with E-state index < -0.39 is 6.10 Å². The molecule has 25 heavy (non-hydrogen) atoms. The molecule has 1 fully saturated rings.